The van der Waals surface area contributed by atoms with E-state index in [1.165, 1.54) is 0 Å². The summed E-state index contributed by atoms with van der Waals surface area (Å²) in [7, 11) is 1.96. The van der Waals surface area contributed by atoms with Gasteiger partial charge >= 0.3 is 0 Å². The molecule has 26 heavy (non-hydrogen) atoms. The fourth-order valence-corrected chi connectivity index (χ4v) is 4.68. The molecule has 0 unspecified atom stereocenters. The molecular formula is C21H26N2O3. The molecule has 138 valence electrons. The lowest BCUT2D eigenvalue weighted by Gasteiger charge is -2.44. The Hall–Kier alpha value is -1.79. The van der Waals surface area contributed by atoms with Crippen molar-refractivity contribution in [3.05, 3.63) is 66.0 Å². The molecule has 1 aromatic carbocycles. The SMILES string of the molecule is CN(Cc1ccccc1)[C@@H]1[C@@H](O)C[C@@H]2C[C@H](c3ccccn3)OC[C@@]21O. The second kappa shape index (κ2) is 7.08. The molecule has 2 N–H and O–H groups in total. The lowest BCUT2D eigenvalue weighted by molar-refractivity contribution is -0.172. The van der Waals surface area contributed by atoms with E-state index >= 15 is 0 Å². The van der Waals surface area contributed by atoms with Gasteiger partial charge in [0.25, 0.3) is 0 Å². The van der Waals surface area contributed by atoms with Gasteiger partial charge in [0.2, 0.25) is 0 Å². The number of pyridine rings is 1. The maximum absolute atomic E-state index is 11.4. The summed E-state index contributed by atoms with van der Waals surface area (Å²) in [5, 5.41) is 22.1. The summed E-state index contributed by atoms with van der Waals surface area (Å²) in [5.41, 5.74) is 1.02. The van der Waals surface area contributed by atoms with Crippen LogP contribution in [0.3, 0.4) is 0 Å². The molecule has 5 heteroatoms. The zero-order valence-corrected chi connectivity index (χ0v) is 15.0. The Morgan fingerprint density at radius 3 is 2.65 bits per heavy atom. The molecule has 2 aromatic rings. The second-order valence-corrected chi connectivity index (χ2v) is 7.63. The Kier molecular flexibility index (Phi) is 4.80. The fraction of sp³-hybridized carbons (Fsp3) is 0.476. The van der Waals surface area contributed by atoms with E-state index in [9.17, 15) is 10.2 Å². The van der Waals surface area contributed by atoms with E-state index in [0.717, 1.165) is 11.3 Å². The third-order valence-corrected chi connectivity index (χ3v) is 5.89. The molecule has 0 spiro atoms. The summed E-state index contributed by atoms with van der Waals surface area (Å²) in [4.78, 5) is 6.45. The minimum atomic E-state index is -1.03. The molecular weight excluding hydrogens is 328 g/mol. The van der Waals surface area contributed by atoms with E-state index in [-0.39, 0.29) is 24.7 Å². The average Bonchev–Trinajstić information content (AvgIpc) is 2.92. The van der Waals surface area contributed by atoms with Crippen LogP contribution in [0.2, 0.25) is 0 Å². The van der Waals surface area contributed by atoms with Gasteiger partial charge < -0.3 is 14.9 Å². The third-order valence-electron chi connectivity index (χ3n) is 5.89. The van der Waals surface area contributed by atoms with Gasteiger partial charge in [-0.2, -0.15) is 0 Å². The molecule has 2 fully saturated rings. The summed E-state index contributed by atoms with van der Waals surface area (Å²) in [6.07, 6.45) is 2.35. The number of aromatic nitrogens is 1. The van der Waals surface area contributed by atoms with Crippen molar-refractivity contribution in [2.45, 2.75) is 43.2 Å². The highest BCUT2D eigenvalue weighted by molar-refractivity contribution is 5.18. The number of benzene rings is 1. The van der Waals surface area contributed by atoms with E-state index in [0.29, 0.717) is 19.4 Å². The van der Waals surface area contributed by atoms with Crippen LogP contribution in [0.1, 0.15) is 30.2 Å². The standard InChI is InChI=1S/C21H26N2O3/c1-23(13-15-7-3-2-4-8-15)20-18(24)11-16-12-19(26-14-21(16,20)25)17-9-5-6-10-22-17/h2-10,16,18-20,24-25H,11-14H2,1H3/t16-,18+,19-,20-,21-/m1/s1. The molecule has 5 nitrogen and oxygen atoms in total. The van der Waals surface area contributed by atoms with Gasteiger partial charge in [0.1, 0.15) is 5.60 Å². The Bertz CT molecular complexity index is 727. The first-order valence-electron chi connectivity index (χ1n) is 9.25. The fourth-order valence-electron chi connectivity index (χ4n) is 4.68. The highest BCUT2D eigenvalue weighted by atomic mass is 16.5. The second-order valence-electron chi connectivity index (χ2n) is 7.63. The van der Waals surface area contributed by atoms with Crippen LogP contribution < -0.4 is 0 Å². The van der Waals surface area contributed by atoms with E-state index in [4.69, 9.17) is 4.74 Å². The largest absolute Gasteiger partial charge is 0.391 e. The molecule has 1 saturated heterocycles. The number of hydrogen-bond donors (Lipinski definition) is 2. The molecule has 0 bridgehead atoms. The van der Waals surface area contributed by atoms with Gasteiger partial charge in [-0.25, -0.2) is 0 Å². The normalized spacial score (nSPS) is 34.0. The zero-order valence-electron chi connectivity index (χ0n) is 15.0. The molecule has 1 aromatic heterocycles. The molecule has 1 aliphatic carbocycles. The predicted octanol–water partition coefficient (Wildman–Crippen LogP) is 2.16. The minimum absolute atomic E-state index is 0.00137. The average molecular weight is 354 g/mol. The monoisotopic (exact) mass is 354 g/mol. The predicted molar refractivity (Wildman–Crippen MR) is 98.3 cm³/mol. The molecule has 2 aliphatic rings. The Balaban J connectivity index is 1.50. The topological polar surface area (TPSA) is 65.8 Å². The van der Waals surface area contributed by atoms with Crippen molar-refractivity contribution < 1.29 is 14.9 Å². The van der Waals surface area contributed by atoms with Crippen molar-refractivity contribution in [2.75, 3.05) is 13.7 Å². The van der Waals surface area contributed by atoms with Crippen LogP contribution in [0.4, 0.5) is 0 Å². The highest BCUT2D eigenvalue weighted by Gasteiger charge is 2.58. The molecule has 5 atom stereocenters. The van der Waals surface area contributed by atoms with E-state index in [2.05, 4.69) is 22.0 Å². The summed E-state index contributed by atoms with van der Waals surface area (Å²) < 4.78 is 6.01. The number of fused-ring (bicyclic) bond motifs is 1. The molecule has 1 saturated carbocycles. The van der Waals surface area contributed by atoms with Crippen LogP contribution in [0.25, 0.3) is 0 Å². The first-order chi connectivity index (χ1) is 12.6. The number of hydrogen-bond acceptors (Lipinski definition) is 5. The van der Waals surface area contributed by atoms with Crippen molar-refractivity contribution >= 4 is 0 Å². The first-order valence-corrected chi connectivity index (χ1v) is 9.25. The number of aliphatic hydroxyl groups excluding tert-OH is 1. The molecule has 2 heterocycles. The Morgan fingerprint density at radius 1 is 1.15 bits per heavy atom. The van der Waals surface area contributed by atoms with Crippen LogP contribution in [0.15, 0.2) is 54.7 Å². The van der Waals surface area contributed by atoms with Gasteiger partial charge in [-0.3, -0.25) is 9.88 Å². The van der Waals surface area contributed by atoms with Crippen molar-refractivity contribution in [1.29, 1.82) is 0 Å². The lowest BCUT2D eigenvalue weighted by Crippen LogP contribution is -2.58. The van der Waals surface area contributed by atoms with Crippen molar-refractivity contribution in [3.63, 3.8) is 0 Å². The first kappa shape index (κ1) is 17.6. The molecule has 4 rings (SSSR count). The van der Waals surface area contributed by atoms with Crippen LogP contribution in [-0.4, -0.2) is 51.5 Å². The number of ether oxygens (including phenoxy) is 1. The van der Waals surface area contributed by atoms with Gasteiger partial charge in [-0.15, -0.1) is 0 Å². The third kappa shape index (κ3) is 3.16. The van der Waals surface area contributed by atoms with Crippen LogP contribution >= 0.6 is 0 Å². The molecule has 0 radical (unpaired) electrons. The smallest absolute Gasteiger partial charge is 0.109 e. The van der Waals surface area contributed by atoms with Gasteiger partial charge in [-0.05, 0) is 43.5 Å². The van der Waals surface area contributed by atoms with E-state index < -0.39 is 11.7 Å². The summed E-state index contributed by atoms with van der Waals surface area (Å²) in [6.45, 7) is 0.904. The minimum Gasteiger partial charge on any atom is -0.391 e. The number of aliphatic hydroxyl groups is 2. The lowest BCUT2D eigenvalue weighted by atomic mass is 9.81. The Morgan fingerprint density at radius 2 is 1.92 bits per heavy atom. The maximum Gasteiger partial charge on any atom is 0.109 e. The molecule has 1 aliphatic heterocycles. The Labute approximate surface area is 154 Å². The summed E-state index contributed by atoms with van der Waals surface area (Å²) in [6, 6.07) is 15.6. The van der Waals surface area contributed by atoms with Crippen LogP contribution in [-0.2, 0) is 11.3 Å². The summed E-state index contributed by atoms with van der Waals surface area (Å²) in [5.74, 6) is 0.00137. The number of rotatable bonds is 4. The van der Waals surface area contributed by atoms with Crippen molar-refractivity contribution in [1.82, 2.24) is 9.88 Å². The van der Waals surface area contributed by atoms with Gasteiger partial charge in [0, 0.05) is 12.7 Å². The van der Waals surface area contributed by atoms with Crippen molar-refractivity contribution in [3.8, 4) is 0 Å². The number of nitrogens with zero attached hydrogens (tertiary/aromatic N) is 2. The van der Waals surface area contributed by atoms with E-state index in [1.807, 2.05) is 43.4 Å². The van der Waals surface area contributed by atoms with E-state index in [1.54, 1.807) is 6.20 Å². The quantitative estimate of drug-likeness (QED) is 0.881. The summed E-state index contributed by atoms with van der Waals surface area (Å²) >= 11 is 0. The van der Waals surface area contributed by atoms with Crippen molar-refractivity contribution in [2.24, 2.45) is 5.92 Å². The van der Waals surface area contributed by atoms with Gasteiger partial charge in [0.05, 0.1) is 30.6 Å². The molecule has 0 amide bonds. The van der Waals surface area contributed by atoms with Crippen LogP contribution in [0, 0.1) is 5.92 Å². The maximum atomic E-state index is 11.4. The van der Waals surface area contributed by atoms with Crippen LogP contribution in [0.5, 0.6) is 0 Å². The van der Waals surface area contributed by atoms with Gasteiger partial charge in [-0.1, -0.05) is 36.4 Å². The number of likely N-dealkylation sites (N-methyl/N-ethyl adjacent to an activating group) is 1. The zero-order chi connectivity index (χ0) is 18.1. The van der Waals surface area contributed by atoms with Gasteiger partial charge in [0.15, 0.2) is 0 Å². The highest BCUT2D eigenvalue weighted by Crippen LogP contribution is 2.48.